The number of para-hydroxylation sites is 1. The summed E-state index contributed by atoms with van der Waals surface area (Å²) in [4.78, 5) is 23.5. The molecule has 3 rings (SSSR count). The van der Waals surface area contributed by atoms with Gasteiger partial charge in [0.25, 0.3) is 5.91 Å². The van der Waals surface area contributed by atoms with E-state index in [1.807, 2.05) is 0 Å². The van der Waals surface area contributed by atoms with Gasteiger partial charge in [0, 0.05) is 12.6 Å². The van der Waals surface area contributed by atoms with Gasteiger partial charge in [-0.15, -0.1) is 0 Å². The van der Waals surface area contributed by atoms with E-state index < -0.39 is 17.5 Å². The van der Waals surface area contributed by atoms with Crippen LogP contribution in [0.2, 0.25) is 0 Å². The van der Waals surface area contributed by atoms with Crippen molar-refractivity contribution >= 4 is 22.7 Å². The molecule has 1 amide bonds. The standard InChI is InChI=1S/C15H11FN2O3/c1-18-12-8-9(6-7-13(12)21-15(18)20)14(19)17-11-5-3-2-4-10(11)16/h2-8H,1H3,(H,17,19). The van der Waals surface area contributed by atoms with E-state index >= 15 is 0 Å². The second-order valence-electron chi connectivity index (χ2n) is 4.54. The molecule has 3 aromatic rings. The molecule has 6 heteroatoms. The Morgan fingerprint density at radius 2 is 2.00 bits per heavy atom. The number of carbonyl (C=O) groups excluding carboxylic acids is 1. The van der Waals surface area contributed by atoms with Crippen molar-refractivity contribution in [1.82, 2.24) is 4.57 Å². The highest BCUT2D eigenvalue weighted by molar-refractivity contribution is 6.05. The van der Waals surface area contributed by atoms with Crippen LogP contribution in [0.25, 0.3) is 11.1 Å². The molecule has 0 aliphatic carbocycles. The van der Waals surface area contributed by atoms with Gasteiger partial charge in [0.1, 0.15) is 5.82 Å². The zero-order valence-electron chi connectivity index (χ0n) is 11.1. The summed E-state index contributed by atoms with van der Waals surface area (Å²) in [5.74, 6) is -1.48. The molecule has 1 heterocycles. The summed E-state index contributed by atoms with van der Waals surface area (Å²) in [6.07, 6.45) is 0. The maximum absolute atomic E-state index is 13.5. The quantitative estimate of drug-likeness (QED) is 0.787. The van der Waals surface area contributed by atoms with Gasteiger partial charge in [-0.1, -0.05) is 12.1 Å². The van der Waals surface area contributed by atoms with Crippen LogP contribution in [0.3, 0.4) is 0 Å². The molecule has 1 N–H and O–H groups in total. The lowest BCUT2D eigenvalue weighted by atomic mass is 10.2. The SMILES string of the molecule is Cn1c(=O)oc2ccc(C(=O)Nc3ccccc3F)cc21. The highest BCUT2D eigenvalue weighted by atomic mass is 19.1. The summed E-state index contributed by atoms with van der Waals surface area (Å²) < 4.78 is 19.8. The Bertz CT molecular complexity index is 895. The normalized spacial score (nSPS) is 10.8. The number of rotatable bonds is 2. The van der Waals surface area contributed by atoms with Crippen LogP contribution in [0.15, 0.2) is 51.7 Å². The van der Waals surface area contributed by atoms with Crippen molar-refractivity contribution in [3.8, 4) is 0 Å². The molecular weight excluding hydrogens is 275 g/mol. The molecule has 0 radical (unpaired) electrons. The zero-order chi connectivity index (χ0) is 15.0. The van der Waals surface area contributed by atoms with Gasteiger partial charge in [-0.3, -0.25) is 9.36 Å². The molecule has 0 saturated carbocycles. The number of anilines is 1. The number of fused-ring (bicyclic) bond motifs is 1. The molecular formula is C15H11FN2O3. The average molecular weight is 286 g/mol. The number of oxazole rings is 1. The third-order valence-electron chi connectivity index (χ3n) is 3.18. The predicted molar refractivity (Wildman–Crippen MR) is 75.8 cm³/mol. The first-order valence-corrected chi connectivity index (χ1v) is 6.22. The van der Waals surface area contributed by atoms with Gasteiger partial charge in [0.15, 0.2) is 5.58 Å². The lowest BCUT2D eigenvalue weighted by molar-refractivity contribution is 0.102. The molecule has 1 aromatic heterocycles. The summed E-state index contributed by atoms with van der Waals surface area (Å²) in [7, 11) is 1.55. The Hall–Kier alpha value is -2.89. The van der Waals surface area contributed by atoms with E-state index in [1.165, 1.54) is 41.0 Å². The van der Waals surface area contributed by atoms with Crippen LogP contribution in [0, 0.1) is 5.82 Å². The highest BCUT2D eigenvalue weighted by Crippen LogP contribution is 2.17. The van der Waals surface area contributed by atoms with Gasteiger partial charge < -0.3 is 9.73 Å². The van der Waals surface area contributed by atoms with Gasteiger partial charge in [-0.25, -0.2) is 9.18 Å². The summed E-state index contributed by atoms with van der Waals surface area (Å²) in [5.41, 5.74) is 1.30. The Kier molecular flexibility index (Phi) is 3.06. The first kappa shape index (κ1) is 13.1. The molecule has 5 nitrogen and oxygen atoms in total. The Balaban J connectivity index is 1.97. The number of hydrogen-bond acceptors (Lipinski definition) is 3. The topological polar surface area (TPSA) is 64.2 Å². The Morgan fingerprint density at radius 3 is 2.76 bits per heavy atom. The number of aromatic nitrogens is 1. The van der Waals surface area contributed by atoms with Gasteiger partial charge in [0.2, 0.25) is 0 Å². The van der Waals surface area contributed by atoms with Crippen molar-refractivity contribution < 1.29 is 13.6 Å². The molecule has 0 atom stereocenters. The van der Waals surface area contributed by atoms with Crippen molar-refractivity contribution in [2.24, 2.45) is 7.05 Å². The van der Waals surface area contributed by atoms with Crippen LogP contribution < -0.4 is 11.1 Å². The smallest absolute Gasteiger partial charge is 0.408 e. The number of carbonyl (C=O) groups is 1. The molecule has 0 fully saturated rings. The minimum Gasteiger partial charge on any atom is -0.408 e. The highest BCUT2D eigenvalue weighted by Gasteiger charge is 2.12. The van der Waals surface area contributed by atoms with E-state index in [0.29, 0.717) is 16.7 Å². The predicted octanol–water partition coefficient (Wildman–Crippen LogP) is 2.52. The number of nitrogens with one attached hydrogen (secondary N) is 1. The van der Waals surface area contributed by atoms with Crippen LogP contribution in [0.5, 0.6) is 0 Å². The molecule has 106 valence electrons. The lowest BCUT2D eigenvalue weighted by Crippen LogP contribution is -2.13. The van der Waals surface area contributed by atoms with Crippen molar-refractivity contribution in [3.05, 3.63) is 64.4 Å². The first-order valence-electron chi connectivity index (χ1n) is 6.22. The van der Waals surface area contributed by atoms with E-state index in [4.69, 9.17) is 4.42 Å². The van der Waals surface area contributed by atoms with Gasteiger partial charge in [-0.2, -0.15) is 0 Å². The van der Waals surface area contributed by atoms with E-state index in [9.17, 15) is 14.0 Å². The fourth-order valence-electron chi connectivity index (χ4n) is 2.02. The molecule has 2 aromatic carbocycles. The average Bonchev–Trinajstić information content (AvgIpc) is 2.76. The van der Waals surface area contributed by atoms with Crippen molar-refractivity contribution in [2.45, 2.75) is 0 Å². The van der Waals surface area contributed by atoms with Crippen LogP contribution in [0.4, 0.5) is 10.1 Å². The molecule has 21 heavy (non-hydrogen) atoms. The minimum atomic E-state index is -0.511. The van der Waals surface area contributed by atoms with Crippen molar-refractivity contribution in [3.63, 3.8) is 0 Å². The molecule has 0 spiro atoms. The number of amides is 1. The summed E-state index contributed by atoms with van der Waals surface area (Å²) in [6, 6.07) is 10.5. The van der Waals surface area contributed by atoms with Gasteiger partial charge >= 0.3 is 5.76 Å². The molecule has 0 aliphatic heterocycles. The summed E-state index contributed by atoms with van der Waals surface area (Å²) in [6.45, 7) is 0. The van der Waals surface area contributed by atoms with Crippen LogP contribution in [-0.4, -0.2) is 10.5 Å². The second kappa shape index (κ2) is 4.90. The first-order chi connectivity index (χ1) is 10.1. The summed E-state index contributed by atoms with van der Waals surface area (Å²) in [5, 5.41) is 2.49. The summed E-state index contributed by atoms with van der Waals surface area (Å²) >= 11 is 0. The van der Waals surface area contributed by atoms with E-state index in [0.717, 1.165) is 0 Å². The third kappa shape index (κ3) is 2.31. The van der Waals surface area contributed by atoms with Gasteiger partial charge in [-0.05, 0) is 30.3 Å². The maximum Gasteiger partial charge on any atom is 0.419 e. The second-order valence-corrected chi connectivity index (χ2v) is 4.54. The van der Waals surface area contributed by atoms with E-state index in [2.05, 4.69) is 5.32 Å². The Morgan fingerprint density at radius 1 is 1.24 bits per heavy atom. The van der Waals surface area contributed by atoms with Crippen LogP contribution in [-0.2, 0) is 7.05 Å². The fourth-order valence-corrected chi connectivity index (χ4v) is 2.02. The molecule has 0 unspecified atom stereocenters. The van der Waals surface area contributed by atoms with Crippen molar-refractivity contribution in [1.29, 1.82) is 0 Å². The zero-order valence-corrected chi connectivity index (χ0v) is 11.1. The third-order valence-corrected chi connectivity index (χ3v) is 3.18. The number of halogens is 1. The van der Waals surface area contributed by atoms with Crippen LogP contribution in [0.1, 0.15) is 10.4 Å². The van der Waals surface area contributed by atoms with E-state index in [1.54, 1.807) is 13.1 Å². The lowest BCUT2D eigenvalue weighted by Gasteiger charge is -2.06. The number of aryl methyl sites for hydroxylation is 1. The van der Waals surface area contributed by atoms with E-state index in [-0.39, 0.29) is 5.69 Å². The molecule has 0 bridgehead atoms. The Labute approximate surface area is 118 Å². The molecule has 0 saturated heterocycles. The fraction of sp³-hybridized carbons (Fsp3) is 0.0667. The van der Waals surface area contributed by atoms with Crippen LogP contribution >= 0.6 is 0 Å². The maximum atomic E-state index is 13.5. The minimum absolute atomic E-state index is 0.101. The largest absolute Gasteiger partial charge is 0.419 e. The number of hydrogen-bond donors (Lipinski definition) is 1. The number of benzene rings is 2. The molecule has 0 aliphatic rings. The monoisotopic (exact) mass is 286 g/mol. The van der Waals surface area contributed by atoms with Gasteiger partial charge in [0.05, 0.1) is 11.2 Å². The number of nitrogens with zero attached hydrogens (tertiary/aromatic N) is 1. The van der Waals surface area contributed by atoms with Crippen molar-refractivity contribution in [2.75, 3.05) is 5.32 Å².